The summed E-state index contributed by atoms with van der Waals surface area (Å²) < 4.78 is 0. The molecule has 0 saturated carbocycles. The summed E-state index contributed by atoms with van der Waals surface area (Å²) in [6.07, 6.45) is 6.54. The molecule has 92 valence electrons. The lowest BCUT2D eigenvalue weighted by molar-refractivity contribution is 0.0958. The highest BCUT2D eigenvalue weighted by atomic mass is 32.1. The van der Waals surface area contributed by atoms with Crippen LogP contribution in [0.1, 0.15) is 22.5 Å². The highest BCUT2D eigenvalue weighted by Crippen LogP contribution is 2.26. The van der Waals surface area contributed by atoms with Gasteiger partial charge in [0.1, 0.15) is 10.7 Å². The van der Waals surface area contributed by atoms with Crippen molar-refractivity contribution in [1.82, 2.24) is 10.3 Å². The van der Waals surface area contributed by atoms with E-state index in [4.69, 9.17) is 12.2 Å². The van der Waals surface area contributed by atoms with Crippen LogP contribution in [0.3, 0.4) is 0 Å². The van der Waals surface area contributed by atoms with Gasteiger partial charge in [-0.15, -0.1) is 12.3 Å². The SMILES string of the molecule is C#CCCCNC(=O)c1sc(N(C)C)nc1N. The third kappa shape index (κ3) is 3.64. The minimum atomic E-state index is -0.190. The van der Waals surface area contributed by atoms with E-state index in [-0.39, 0.29) is 11.7 Å². The van der Waals surface area contributed by atoms with Gasteiger partial charge < -0.3 is 16.0 Å². The summed E-state index contributed by atoms with van der Waals surface area (Å²) in [5.41, 5.74) is 5.69. The summed E-state index contributed by atoms with van der Waals surface area (Å²) in [6.45, 7) is 0.553. The van der Waals surface area contributed by atoms with Gasteiger partial charge in [0.25, 0.3) is 5.91 Å². The summed E-state index contributed by atoms with van der Waals surface area (Å²) in [5, 5.41) is 3.48. The summed E-state index contributed by atoms with van der Waals surface area (Å²) >= 11 is 1.28. The molecule has 0 bridgehead atoms. The predicted molar refractivity (Wildman–Crippen MR) is 71.3 cm³/mol. The topological polar surface area (TPSA) is 71.2 Å². The van der Waals surface area contributed by atoms with E-state index in [0.717, 1.165) is 11.6 Å². The first-order valence-corrected chi connectivity index (χ1v) is 6.03. The maximum absolute atomic E-state index is 11.8. The van der Waals surface area contributed by atoms with Crippen molar-refractivity contribution in [3.8, 4) is 12.3 Å². The molecule has 0 unspecified atom stereocenters. The number of nitrogens with one attached hydrogen (secondary N) is 1. The molecule has 1 amide bonds. The van der Waals surface area contributed by atoms with E-state index in [2.05, 4.69) is 16.2 Å². The number of hydrogen-bond acceptors (Lipinski definition) is 5. The van der Waals surface area contributed by atoms with Crippen LogP contribution >= 0.6 is 11.3 Å². The molecule has 0 aromatic carbocycles. The van der Waals surface area contributed by atoms with Crippen molar-refractivity contribution >= 4 is 28.2 Å². The van der Waals surface area contributed by atoms with Crippen LogP contribution in [-0.2, 0) is 0 Å². The molecule has 0 fully saturated rings. The summed E-state index contributed by atoms with van der Waals surface area (Å²) in [5.74, 6) is 2.60. The number of terminal acetylenes is 1. The molecule has 0 saturated heterocycles. The molecular weight excluding hydrogens is 236 g/mol. The van der Waals surface area contributed by atoms with E-state index in [1.165, 1.54) is 11.3 Å². The van der Waals surface area contributed by atoms with E-state index in [0.29, 0.717) is 17.8 Å². The third-order valence-corrected chi connectivity index (χ3v) is 3.25. The van der Waals surface area contributed by atoms with E-state index in [9.17, 15) is 4.79 Å². The summed E-state index contributed by atoms with van der Waals surface area (Å²) in [7, 11) is 3.71. The van der Waals surface area contributed by atoms with Crippen LogP contribution in [0, 0.1) is 12.3 Å². The van der Waals surface area contributed by atoms with E-state index in [1.54, 1.807) is 0 Å². The Balaban J connectivity index is 2.60. The van der Waals surface area contributed by atoms with Gasteiger partial charge in [-0.1, -0.05) is 11.3 Å². The second-order valence-corrected chi connectivity index (χ2v) is 4.65. The fraction of sp³-hybridized carbons (Fsp3) is 0.455. The first-order valence-electron chi connectivity index (χ1n) is 5.21. The van der Waals surface area contributed by atoms with Crippen molar-refractivity contribution in [3.05, 3.63) is 4.88 Å². The van der Waals surface area contributed by atoms with Crippen LogP contribution in [0.4, 0.5) is 10.9 Å². The summed E-state index contributed by atoms with van der Waals surface area (Å²) in [4.78, 5) is 18.1. The van der Waals surface area contributed by atoms with Crippen LogP contribution in [0.15, 0.2) is 0 Å². The molecule has 0 aliphatic carbocycles. The Bertz CT molecular complexity index is 433. The molecular formula is C11H16N4OS. The molecule has 0 radical (unpaired) electrons. The maximum atomic E-state index is 11.8. The first kappa shape index (κ1) is 13.3. The Morgan fingerprint density at radius 3 is 2.88 bits per heavy atom. The fourth-order valence-corrected chi connectivity index (χ4v) is 1.97. The van der Waals surface area contributed by atoms with Gasteiger partial charge in [0, 0.05) is 27.1 Å². The van der Waals surface area contributed by atoms with E-state index >= 15 is 0 Å². The fourth-order valence-electron chi connectivity index (χ4n) is 1.15. The Morgan fingerprint density at radius 2 is 2.35 bits per heavy atom. The van der Waals surface area contributed by atoms with Crippen LogP contribution in [0.25, 0.3) is 0 Å². The number of nitrogens with zero attached hydrogens (tertiary/aromatic N) is 2. The zero-order valence-electron chi connectivity index (χ0n) is 9.99. The van der Waals surface area contributed by atoms with Gasteiger partial charge >= 0.3 is 0 Å². The monoisotopic (exact) mass is 252 g/mol. The van der Waals surface area contributed by atoms with Crippen molar-refractivity contribution in [3.63, 3.8) is 0 Å². The van der Waals surface area contributed by atoms with E-state index < -0.39 is 0 Å². The number of rotatable bonds is 5. The maximum Gasteiger partial charge on any atom is 0.265 e. The zero-order chi connectivity index (χ0) is 12.8. The Kier molecular flexibility index (Phi) is 4.79. The zero-order valence-corrected chi connectivity index (χ0v) is 10.8. The largest absolute Gasteiger partial charge is 0.382 e. The summed E-state index contributed by atoms with van der Waals surface area (Å²) in [6, 6.07) is 0. The number of thiazole rings is 1. The van der Waals surface area contributed by atoms with Crippen LogP contribution < -0.4 is 16.0 Å². The molecule has 0 atom stereocenters. The van der Waals surface area contributed by atoms with Gasteiger partial charge in [-0.25, -0.2) is 4.98 Å². The van der Waals surface area contributed by atoms with Gasteiger partial charge in [-0.3, -0.25) is 4.79 Å². The smallest absolute Gasteiger partial charge is 0.265 e. The van der Waals surface area contributed by atoms with Crippen molar-refractivity contribution in [1.29, 1.82) is 0 Å². The molecule has 1 rings (SSSR count). The lowest BCUT2D eigenvalue weighted by Gasteiger charge is -2.05. The molecule has 6 heteroatoms. The molecule has 0 aliphatic rings. The van der Waals surface area contributed by atoms with Crippen molar-refractivity contribution < 1.29 is 4.79 Å². The average molecular weight is 252 g/mol. The Hall–Kier alpha value is -1.74. The lowest BCUT2D eigenvalue weighted by atomic mass is 10.3. The molecule has 0 aliphatic heterocycles. The molecule has 1 aromatic rings. The first-order chi connectivity index (χ1) is 8.06. The number of aromatic nitrogens is 1. The van der Waals surface area contributed by atoms with Crippen molar-refractivity contribution in [2.24, 2.45) is 0 Å². The average Bonchev–Trinajstić information content (AvgIpc) is 2.67. The normalized spacial score (nSPS) is 9.71. The number of nitrogen functional groups attached to an aromatic ring is 1. The second-order valence-electron chi connectivity index (χ2n) is 3.67. The highest BCUT2D eigenvalue weighted by Gasteiger charge is 2.16. The molecule has 3 N–H and O–H groups in total. The number of unbranched alkanes of at least 4 members (excludes halogenated alkanes) is 1. The number of carbonyl (C=O) groups is 1. The Morgan fingerprint density at radius 1 is 1.65 bits per heavy atom. The molecule has 1 aromatic heterocycles. The molecule has 0 spiro atoms. The standard InChI is InChI=1S/C11H16N4OS/c1-4-5-6-7-13-10(16)8-9(12)14-11(17-8)15(2)3/h1H,5-7,12H2,2-3H3,(H,13,16). The van der Waals surface area contributed by atoms with Crippen LogP contribution in [0.5, 0.6) is 0 Å². The van der Waals surface area contributed by atoms with Crippen LogP contribution in [-0.4, -0.2) is 31.5 Å². The van der Waals surface area contributed by atoms with Gasteiger partial charge in [-0.2, -0.15) is 0 Å². The van der Waals surface area contributed by atoms with Crippen molar-refractivity contribution in [2.75, 3.05) is 31.3 Å². The number of anilines is 2. The molecule has 1 heterocycles. The van der Waals surface area contributed by atoms with Gasteiger partial charge in [-0.05, 0) is 6.42 Å². The second kappa shape index (κ2) is 6.11. The quantitative estimate of drug-likeness (QED) is 0.604. The van der Waals surface area contributed by atoms with Crippen LogP contribution in [0.2, 0.25) is 0 Å². The van der Waals surface area contributed by atoms with Gasteiger partial charge in [0.2, 0.25) is 0 Å². The lowest BCUT2D eigenvalue weighted by Crippen LogP contribution is -2.24. The number of hydrogen-bond donors (Lipinski definition) is 2. The molecule has 5 nitrogen and oxygen atoms in total. The number of nitrogens with two attached hydrogens (primary N) is 1. The predicted octanol–water partition coefficient (Wildman–Crippen LogP) is 0.934. The Labute approximate surface area is 105 Å². The number of amides is 1. The third-order valence-electron chi connectivity index (χ3n) is 2.01. The minimum absolute atomic E-state index is 0.190. The highest BCUT2D eigenvalue weighted by molar-refractivity contribution is 7.18. The van der Waals surface area contributed by atoms with Gasteiger partial charge in [0.15, 0.2) is 5.13 Å². The molecule has 17 heavy (non-hydrogen) atoms. The van der Waals surface area contributed by atoms with Crippen molar-refractivity contribution in [2.45, 2.75) is 12.8 Å². The number of carbonyl (C=O) groups excluding carboxylic acids is 1. The van der Waals surface area contributed by atoms with E-state index in [1.807, 2.05) is 19.0 Å². The minimum Gasteiger partial charge on any atom is -0.382 e. The van der Waals surface area contributed by atoms with Gasteiger partial charge in [0.05, 0.1) is 0 Å².